The van der Waals surface area contributed by atoms with E-state index in [1.807, 2.05) is 0 Å². The highest BCUT2D eigenvalue weighted by molar-refractivity contribution is 8.02. The second-order valence-corrected chi connectivity index (χ2v) is 2.98. The lowest BCUT2D eigenvalue weighted by Gasteiger charge is -1.97. The molecule has 0 saturated heterocycles. The van der Waals surface area contributed by atoms with Crippen LogP contribution >= 0.6 is 12.0 Å². The minimum absolute atomic E-state index is 0.100. The van der Waals surface area contributed by atoms with Crippen molar-refractivity contribution in [1.29, 1.82) is 0 Å². The second-order valence-electron chi connectivity index (χ2n) is 1.05. The normalized spacial score (nSPS) is 11.8. The molecule has 4 nitrogen and oxygen atoms in total. The van der Waals surface area contributed by atoms with E-state index in [0.29, 0.717) is 0 Å². The van der Waals surface area contributed by atoms with Crippen molar-refractivity contribution in [3.8, 4) is 0 Å². The highest BCUT2D eigenvalue weighted by Crippen LogP contribution is 2.04. The molecule has 0 atom stereocenters. The van der Waals surface area contributed by atoms with Crippen LogP contribution in [-0.2, 0) is 18.2 Å². The van der Waals surface area contributed by atoms with Crippen LogP contribution in [0.3, 0.4) is 0 Å². The number of hydrogen-bond donors (Lipinski definition) is 0. The van der Waals surface area contributed by atoms with Gasteiger partial charge in [0.2, 0.25) is 0 Å². The molecule has 9 heavy (non-hydrogen) atoms. The van der Waals surface area contributed by atoms with E-state index in [1.54, 1.807) is 6.92 Å². The lowest BCUT2D eigenvalue weighted by molar-refractivity contribution is 0.297. The zero-order valence-electron chi connectivity index (χ0n) is 5.16. The van der Waals surface area contributed by atoms with Crippen molar-refractivity contribution >= 4 is 22.4 Å². The molecular formula is C3H8O4S2. The largest absolute Gasteiger partial charge is 0.410 e. The van der Waals surface area contributed by atoms with Gasteiger partial charge in [-0.1, -0.05) is 0 Å². The van der Waals surface area contributed by atoms with Gasteiger partial charge in [-0.05, 0) is 6.92 Å². The monoisotopic (exact) mass is 172 g/mol. The summed E-state index contributed by atoms with van der Waals surface area (Å²) in [6, 6.07) is 0. The van der Waals surface area contributed by atoms with Crippen LogP contribution in [0.25, 0.3) is 0 Å². The van der Waals surface area contributed by atoms with Crippen molar-refractivity contribution in [3.63, 3.8) is 0 Å². The van der Waals surface area contributed by atoms with Crippen molar-refractivity contribution in [1.82, 2.24) is 0 Å². The minimum Gasteiger partial charge on any atom is -0.248 e. The molecule has 0 aromatic rings. The molecule has 0 fully saturated rings. The fourth-order valence-corrected chi connectivity index (χ4v) is 1.36. The van der Waals surface area contributed by atoms with Gasteiger partial charge in [-0.15, -0.1) is 0 Å². The van der Waals surface area contributed by atoms with E-state index in [9.17, 15) is 8.42 Å². The molecule has 0 N–H and O–H groups in total. The van der Waals surface area contributed by atoms with E-state index in [1.165, 1.54) is 6.26 Å². The molecule has 56 valence electrons. The van der Waals surface area contributed by atoms with E-state index in [0.717, 1.165) is 12.0 Å². The van der Waals surface area contributed by atoms with E-state index in [2.05, 4.69) is 7.81 Å². The van der Waals surface area contributed by atoms with Gasteiger partial charge in [0, 0.05) is 18.3 Å². The first-order valence-corrected chi connectivity index (χ1v) is 4.72. The summed E-state index contributed by atoms with van der Waals surface area (Å²) in [6.45, 7) is 1.67. The summed E-state index contributed by atoms with van der Waals surface area (Å²) in [5.41, 5.74) is 0. The van der Waals surface area contributed by atoms with Crippen LogP contribution in [0.15, 0.2) is 0 Å². The lowest BCUT2D eigenvalue weighted by Crippen LogP contribution is -2.04. The number of rotatable bonds is 4. The van der Waals surface area contributed by atoms with Gasteiger partial charge in [0.1, 0.15) is 0 Å². The van der Waals surface area contributed by atoms with Crippen molar-refractivity contribution in [2.75, 3.05) is 12.9 Å². The van der Waals surface area contributed by atoms with Crippen LogP contribution < -0.4 is 0 Å². The Bertz CT molecular complexity index is 137. The summed E-state index contributed by atoms with van der Waals surface area (Å²) in [7, 11) is -3.72. The van der Waals surface area contributed by atoms with Crippen molar-refractivity contribution in [3.05, 3.63) is 0 Å². The minimum atomic E-state index is -3.72. The fourth-order valence-electron chi connectivity index (χ4n) is 0.247. The molecular weight excluding hydrogens is 164 g/mol. The summed E-state index contributed by atoms with van der Waals surface area (Å²) >= 11 is 0.736. The second kappa shape index (κ2) is 4.10. The van der Waals surface area contributed by atoms with Crippen LogP contribution in [-0.4, -0.2) is 21.3 Å². The van der Waals surface area contributed by atoms with Crippen LogP contribution in [0, 0.1) is 0 Å². The summed E-state index contributed by atoms with van der Waals surface area (Å²) in [5, 5.41) is 0. The van der Waals surface area contributed by atoms with Crippen LogP contribution in [0.1, 0.15) is 6.92 Å². The highest BCUT2D eigenvalue weighted by atomic mass is 32.3. The van der Waals surface area contributed by atoms with Gasteiger partial charge < -0.3 is 0 Å². The van der Waals surface area contributed by atoms with E-state index in [4.69, 9.17) is 0 Å². The van der Waals surface area contributed by atoms with Gasteiger partial charge in [0.25, 0.3) is 0 Å². The first kappa shape index (κ1) is 9.22. The molecule has 0 radical (unpaired) electrons. The van der Waals surface area contributed by atoms with Crippen LogP contribution in [0.4, 0.5) is 0 Å². The standard InChI is InChI=1S/C3H8O4S2/c1-3-6-9(4,5)7-8-2/h3H2,1-2H3. The Hall–Kier alpha value is 0.220. The quantitative estimate of drug-likeness (QED) is 0.580. The smallest absolute Gasteiger partial charge is 0.248 e. The number of hydrogen-bond acceptors (Lipinski definition) is 5. The Morgan fingerprint density at radius 2 is 2.11 bits per heavy atom. The van der Waals surface area contributed by atoms with Gasteiger partial charge in [0.05, 0.1) is 6.61 Å². The predicted molar refractivity (Wildman–Crippen MR) is 35.1 cm³/mol. The zero-order valence-corrected chi connectivity index (χ0v) is 6.79. The topological polar surface area (TPSA) is 52.6 Å². The third kappa shape index (κ3) is 4.71. The Labute approximate surface area is 59.1 Å². The molecule has 0 spiro atoms. The van der Waals surface area contributed by atoms with Gasteiger partial charge in [-0.3, -0.25) is 0 Å². The summed E-state index contributed by atoms with van der Waals surface area (Å²) in [5.74, 6) is 0. The molecule has 0 amide bonds. The van der Waals surface area contributed by atoms with E-state index < -0.39 is 10.4 Å². The summed E-state index contributed by atoms with van der Waals surface area (Å²) < 4.78 is 29.1. The third-order valence-electron chi connectivity index (χ3n) is 0.414. The van der Waals surface area contributed by atoms with Gasteiger partial charge in [0.15, 0.2) is 0 Å². The maximum absolute atomic E-state index is 10.4. The Balaban J connectivity index is 3.73. The molecule has 0 aliphatic carbocycles. The SMILES string of the molecule is CCOS(=O)(=O)OSC. The van der Waals surface area contributed by atoms with Gasteiger partial charge >= 0.3 is 10.4 Å². The molecule has 0 aromatic heterocycles. The average Bonchev–Trinajstić information content (AvgIpc) is 1.64. The maximum Gasteiger partial charge on any atom is 0.410 e. The predicted octanol–water partition coefficient (Wildman–Crippen LogP) is 0.562. The van der Waals surface area contributed by atoms with Gasteiger partial charge in [-0.2, -0.15) is 12.0 Å². The fraction of sp³-hybridized carbons (Fsp3) is 1.00. The molecule has 0 aromatic carbocycles. The van der Waals surface area contributed by atoms with Crippen molar-refractivity contribution in [2.24, 2.45) is 0 Å². The molecule has 0 aliphatic rings. The molecule has 0 unspecified atom stereocenters. The van der Waals surface area contributed by atoms with Crippen LogP contribution in [0.5, 0.6) is 0 Å². The Morgan fingerprint density at radius 1 is 1.56 bits per heavy atom. The van der Waals surface area contributed by atoms with Crippen molar-refractivity contribution < 1.29 is 16.2 Å². The highest BCUT2D eigenvalue weighted by Gasteiger charge is 2.08. The molecule has 6 heteroatoms. The first-order chi connectivity index (χ1) is 4.12. The Morgan fingerprint density at radius 3 is 2.44 bits per heavy atom. The summed E-state index contributed by atoms with van der Waals surface area (Å²) in [6.07, 6.45) is 1.50. The van der Waals surface area contributed by atoms with Crippen molar-refractivity contribution in [2.45, 2.75) is 6.92 Å². The molecule has 0 rings (SSSR count). The first-order valence-electron chi connectivity index (χ1n) is 2.24. The Kier molecular flexibility index (Phi) is 4.20. The molecule has 0 aliphatic heterocycles. The third-order valence-corrected chi connectivity index (χ3v) is 2.15. The average molecular weight is 172 g/mol. The lowest BCUT2D eigenvalue weighted by atomic mass is 10.9. The van der Waals surface area contributed by atoms with Gasteiger partial charge in [-0.25, -0.2) is 4.18 Å². The molecule has 0 bridgehead atoms. The molecule has 0 saturated carbocycles. The van der Waals surface area contributed by atoms with Crippen LogP contribution in [0.2, 0.25) is 0 Å². The summed E-state index contributed by atoms with van der Waals surface area (Å²) in [4.78, 5) is 0. The molecule has 0 heterocycles. The van der Waals surface area contributed by atoms with E-state index >= 15 is 0 Å². The maximum atomic E-state index is 10.4. The zero-order chi connectivity index (χ0) is 7.33. The van der Waals surface area contributed by atoms with E-state index in [-0.39, 0.29) is 6.61 Å².